The molecule has 0 aliphatic heterocycles. The molecule has 108 valence electrons. The van der Waals surface area contributed by atoms with Crippen LogP contribution >= 0.6 is 15.9 Å². The quantitative estimate of drug-likeness (QED) is 0.610. The van der Waals surface area contributed by atoms with E-state index in [9.17, 15) is 0 Å². The summed E-state index contributed by atoms with van der Waals surface area (Å²) in [5, 5.41) is 4.35. The summed E-state index contributed by atoms with van der Waals surface area (Å²) in [7, 11) is 0. The zero-order valence-electron chi connectivity index (χ0n) is 11.6. The van der Waals surface area contributed by atoms with Crippen LogP contribution in [0.4, 0.5) is 5.82 Å². The molecule has 6 heteroatoms. The van der Waals surface area contributed by atoms with Crippen molar-refractivity contribution in [2.45, 2.75) is 6.54 Å². The van der Waals surface area contributed by atoms with E-state index in [2.05, 4.69) is 36.2 Å². The molecule has 0 saturated heterocycles. The standard InChI is InChI=1S/C16H12BrN5/c17-11-5-6-15-21-12(9-22(15)8-11)7-18-16-13-3-1-2-4-14(13)19-10-20-16/h1-6,8-10H,7H2,(H,18,19,20). The first-order chi connectivity index (χ1) is 10.8. The highest BCUT2D eigenvalue weighted by molar-refractivity contribution is 9.10. The Labute approximate surface area is 135 Å². The highest BCUT2D eigenvalue weighted by Gasteiger charge is 2.05. The van der Waals surface area contributed by atoms with E-state index in [0.717, 1.165) is 32.5 Å². The first kappa shape index (κ1) is 13.2. The predicted molar refractivity (Wildman–Crippen MR) is 89.8 cm³/mol. The van der Waals surface area contributed by atoms with Gasteiger partial charge in [-0.25, -0.2) is 15.0 Å². The van der Waals surface area contributed by atoms with E-state index in [1.54, 1.807) is 6.33 Å². The van der Waals surface area contributed by atoms with Gasteiger partial charge in [-0.05, 0) is 40.2 Å². The molecule has 0 spiro atoms. The molecule has 1 aromatic carbocycles. The lowest BCUT2D eigenvalue weighted by atomic mass is 10.2. The van der Waals surface area contributed by atoms with E-state index in [-0.39, 0.29) is 0 Å². The van der Waals surface area contributed by atoms with Crippen molar-refractivity contribution < 1.29 is 0 Å². The molecule has 0 aliphatic rings. The van der Waals surface area contributed by atoms with Crippen LogP contribution in [-0.4, -0.2) is 19.4 Å². The van der Waals surface area contributed by atoms with Crippen LogP contribution in [0.15, 0.2) is 59.6 Å². The zero-order valence-corrected chi connectivity index (χ0v) is 13.2. The first-order valence-corrected chi connectivity index (χ1v) is 7.66. The maximum absolute atomic E-state index is 4.59. The number of rotatable bonds is 3. The number of para-hydroxylation sites is 1. The molecule has 3 heterocycles. The minimum Gasteiger partial charge on any atom is -0.364 e. The van der Waals surface area contributed by atoms with Crippen LogP contribution in [0.1, 0.15) is 5.69 Å². The van der Waals surface area contributed by atoms with Crippen molar-refractivity contribution >= 4 is 38.3 Å². The summed E-state index contributed by atoms with van der Waals surface area (Å²) < 4.78 is 3.03. The second-order valence-electron chi connectivity index (χ2n) is 4.94. The van der Waals surface area contributed by atoms with Gasteiger partial charge in [-0.2, -0.15) is 0 Å². The molecule has 0 bridgehead atoms. The normalized spacial score (nSPS) is 11.1. The molecule has 0 saturated carbocycles. The summed E-state index contributed by atoms with van der Waals surface area (Å²) in [6, 6.07) is 11.9. The molecule has 0 unspecified atom stereocenters. The molecule has 0 amide bonds. The van der Waals surface area contributed by atoms with E-state index in [1.165, 1.54) is 0 Å². The van der Waals surface area contributed by atoms with Gasteiger partial charge in [-0.1, -0.05) is 12.1 Å². The Morgan fingerprint density at radius 3 is 2.91 bits per heavy atom. The smallest absolute Gasteiger partial charge is 0.137 e. The maximum Gasteiger partial charge on any atom is 0.137 e. The van der Waals surface area contributed by atoms with Crippen molar-refractivity contribution in [1.29, 1.82) is 0 Å². The molecular weight excluding hydrogens is 342 g/mol. The van der Waals surface area contributed by atoms with Gasteiger partial charge in [0, 0.05) is 22.3 Å². The van der Waals surface area contributed by atoms with Gasteiger partial charge < -0.3 is 9.72 Å². The molecule has 22 heavy (non-hydrogen) atoms. The van der Waals surface area contributed by atoms with Gasteiger partial charge in [0.1, 0.15) is 17.8 Å². The van der Waals surface area contributed by atoms with Gasteiger partial charge >= 0.3 is 0 Å². The van der Waals surface area contributed by atoms with E-state index >= 15 is 0 Å². The molecule has 0 fully saturated rings. The van der Waals surface area contributed by atoms with Gasteiger partial charge in [0.25, 0.3) is 0 Å². The SMILES string of the molecule is Brc1ccc2nc(CNc3ncnc4ccccc34)cn2c1. The number of imidazole rings is 1. The van der Waals surface area contributed by atoms with Crippen molar-refractivity contribution in [3.05, 3.63) is 65.3 Å². The van der Waals surface area contributed by atoms with E-state index < -0.39 is 0 Å². The van der Waals surface area contributed by atoms with Crippen molar-refractivity contribution in [1.82, 2.24) is 19.4 Å². The zero-order chi connectivity index (χ0) is 14.9. The lowest BCUT2D eigenvalue weighted by Gasteiger charge is -2.06. The maximum atomic E-state index is 4.59. The van der Waals surface area contributed by atoms with Crippen LogP contribution in [-0.2, 0) is 6.54 Å². The van der Waals surface area contributed by atoms with Crippen LogP contribution in [0.5, 0.6) is 0 Å². The number of halogens is 1. The van der Waals surface area contributed by atoms with Crippen LogP contribution in [0, 0.1) is 0 Å². The second-order valence-corrected chi connectivity index (χ2v) is 5.85. The Kier molecular flexibility index (Phi) is 3.23. The number of aromatic nitrogens is 4. The molecule has 0 radical (unpaired) electrons. The van der Waals surface area contributed by atoms with Crippen LogP contribution in [0.3, 0.4) is 0 Å². The van der Waals surface area contributed by atoms with Gasteiger partial charge in [0.2, 0.25) is 0 Å². The number of hydrogen-bond donors (Lipinski definition) is 1. The van der Waals surface area contributed by atoms with Gasteiger partial charge in [0.15, 0.2) is 0 Å². The number of pyridine rings is 1. The van der Waals surface area contributed by atoms with Crippen LogP contribution in [0.2, 0.25) is 0 Å². The lowest BCUT2D eigenvalue weighted by Crippen LogP contribution is -2.02. The number of fused-ring (bicyclic) bond motifs is 2. The fourth-order valence-corrected chi connectivity index (χ4v) is 2.78. The third-order valence-corrected chi connectivity index (χ3v) is 3.91. The summed E-state index contributed by atoms with van der Waals surface area (Å²) in [6.07, 6.45) is 5.58. The summed E-state index contributed by atoms with van der Waals surface area (Å²) in [5.41, 5.74) is 2.81. The first-order valence-electron chi connectivity index (χ1n) is 6.86. The van der Waals surface area contributed by atoms with Gasteiger partial charge in [-0.3, -0.25) is 0 Å². The lowest BCUT2D eigenvalue weighted by molar-refractivity contribution is 1.05. The largest absolute Gasteiger partial charge is 0.364 e. The average molecular weight is 354 g/mol. The number of hydrogen-bond acceptors (Lipinski definition) is 4. The summed E-state index contributed by atoms with van der Waals surface area (Å²) in [5.74, 6) is 0.823. The fraction of sp³-hybridized carbons (Fsp3) is 0.0625. The highest BCUT2D eigenvalue weighted by atomic mass is 79.9. The van der Waals surface area contributed by atoms with Crippen LogP contribution < -0.4 is 5.32 Å². The van der Waals surface area contributed by atoms with Crippen molar-refractivity contribution in [3.63, 3.8) is 0 Å². The summed E-state index contributed by atoms with van der Waals surface area (Å²) in [4.78, 5) is 13.2. The summed E-state index contributed by atoms with van der Waals surface area (Å²) in [6.45, 7) is 0.611. The molecule has 5 nitrogen and oxygen atoms in total. The van der Waals surface area contributed by atoms with E-state index in [0.29, 0.717) is 6.54 Å². The number of nitrogens with zero attached hydrogens (tertiary/aromatic N) is 4. The Morgan fingerprint density at radius 1 is 1.05 bits per heavy atom. The topological polar surface area (TPSA) is 55.1 Å². The minimum absolute atomic E-state index is 0.611. The minimum atomic E-state index is 0.611. The highest BCUT2D eigenvalue weighted by Crippen LogP contribution is 2.19. The third-order valence-electron chi connectivity index (χ3n) is 3.44. The number of anilines is 1. The Bertz CT molecular complexity index is 958. The Hall–Kier alpha value is -2.47. The Balaban J connectivity index is 1.62. The third kappa shape index (κ3) is 2.42. The Morgan fingerprint density at radius 2 is 1.95 bits per heavy atom. The van der Waals surface area contributed by atoms with Gasteiger partial charge in [-0.15, -0.1) is 0 Å². The van der Waals surface area contributed by atoms with Crippen LogP contribution in [0.25, 0.3) is 16.6 Å². The average Bonchev–Trinajstić information content (AvgIpc) is 2.95. The van der Waals surface area contributed by atoms with Gasteiger partial charge in [0.05, 0.1) is 17.8 Å². The predicted octanol–water partition coefficient (Wildman–Crippen LogP) is 3.65. The molecule has 4 aromatic rings. The van der Waals surface area contributed by atoms with Crippen molar-refractivity contribution in [3.8, 4) is 0 Å². The summed E-state index contributed by atoms with van der Waals surface area (Å²) >= 11 is 3.46. The number of nitrogens with one attached hydrogen (secondary N) is 1. The van der Waals surface area contributed by atoms with Crippen molar-refractivity contribution in [2.75, 3.05) is 5.32 Å². The molecule has 4 rings (SSSR count). The molecule has 1 N–H and O–H groups in total. The molecular formula is C16H12BrN5. The fourth-order valence-electron chi connectivity index (χ4n) is 2.42. The molecule has 0 atom stereocenters. The van der Waals surface area contributed by atoms with E-state index in [4.69, 9.17) is 0 Å². The van der Waals surface area contributed by atoms with E-state index in [1.807, 2.05) is 53.2 Å². The monoisotopic (exact) mass is 353 g/mol. The van der Waals surface area contributed by atoms with Crippen molar-refractivity contribution in [2.24, 2.45) is 0 Å². The second kappa shape index (κ2) is 5.38. The molecule has 3 aromatic heterocycles. The molecule has 0 aliphatic carbocycles. The number of benzene rings is 1.